The Bertz CT molecular complexity index is 1550. The normalized spacial score (nSPS) is 11.8. The first-order valence-electron chi connectivity index (χ1n) is 10.2. The van der Waals surface area contributed by atoms with Crippen molar-refractivity contribution in [2.45, 2.75) is 12.7 Å². The molecule has 11 heteroatoms. The zero-order valence-electron chi connectivity index (χ0n) is 17.6. The van der Waals surface area contributed by atoms with Gasteiger partial charge in [-0.15, -0.1) is 0 Å². The van der Waals surface area contributed by atoms with Crippen LogP contribution in [0.15, 0.2) is 71.6 Å². The van der Waals surface area contributed by atoms with Crippen LogP contribution < -0.4 is 4.68 Å². The number of hydrogen-bond acceptors (Lipinski definition) is 3. The van der Waals surface area contributed by atoms with Crippen molar-refractivity contribution in [1.82, 2.24) is 20.1 Å². The minimum absolute atomic E-state index is 0.00848. The Labute approximate surface area is 203 Å². The number of H-pyrrole nitrogens is 1. The summed E-state index contributed by atoms with van der Waals surface area (Å²) in [6.45, 7) is 0.319. The summed E-state index contributed by atoms with van der Waals surface area (Å²) in [7, 11) is 0. The third kappa shape index (κ3) is 4.63. The maximum atomic E-state index is 14.1. The van der Waals surface area contributed by atoms with Crippen LogP contribution in [0.25, 0.3) is 33.7 Å². The molecule has 0 radical (unpaired) electrons. The fourth-order valence-corrected chi connectivity index (χ4v) is 4.06. The van der Waals surface area contributed by atoms with E-state index in [0.717, 1.165) is 17.7 Å². The Balaban J connectivity index is 1.38. The van der Waals surface area contributed by atoms with Gasteiger partial charge in [0.2, 0.25) is 12.7 Å². The fraction of sp³-hybridized carbons (Fsp3) is 0.0833. The SMILES string of the molecule is Fc1cccc(-c2nc3cn[n+](Cc4ccc(-c5ccc(Br)c(C(F)(F)F)c5)nc4)cc3[nH]2)c1F. The predicted molar refractivity (Wildman–Crippen MR) is 121 cm³/mol. The van der Waals surface area contributed by atoms with Gasteiger partial charge in [0.05, 0.1) is 16.8 Å². The zero-order valence-corrected chi connectivity index (χ0v) is 19.2. The van der Waals surface area contributed by atoms with Gasteiger partial charge in [0.1, 0.15) is 23.1 Å². The van der Waals surface area contributed by atoms with E-state index in [2.05, 4.69) is 36.0 Å². The lowest BCUT2D eigenvalue weighted by Gasteiger charge is -2.11. The molecule has 0 amide bonds. The fourth-order valence-electron chi connectivity index (χ4n) is 3.59. The van der Waals surface area contributed by atoms with Crippen LogP contribution in [0.1, 0.15) is 11.1 Å². The summed E-state index contributed by atoms with van der Waals surface area (Å²) < 4.78 is 68.8. The summed E-state index contributed by atoms with van der Waals surface area (Å²) in [5.74, 6) is -1.79. The number of nitrogens with one attached hydrogen (secondary N) is 1. The maximum Gasteiger partial charge on any atom is 0.417 e. The first-order chi connectivity index (χ1) is 16.7. The van der Waals surface area contributed by atoms with Crippen molar-refractivity contribution in [3.8, 4) is 22.6 Å². The van der Waals surface area contributed by atoms with Gasteiger partial charge < -0.3 is 4.98 Å². The number of nitrogens with zero attached hydrogens (tertiary/aromatic N) is 4. The van der Waals surface area contributed by atoms with E-state index >= 15 is 0 Å². The van der Waals surface area contributed by atoms with Crippen molar-refractivity contribution in [1.29, 1.82) is 0 Å². The number of aromatic amines is 1. The molecule has 3 heterocycles. The third-order valence-electron chi connectivity index (χ3n) is 5.31. The van der Waals surface area contributed by atoms with Gasteiger partial charge in [0.25, 0.3) is 0 Å². The molecule has 0 atom stereocenters. The van der Waals surface area contributed by atoms with Gasteiger partial charge >= 0.3 is 6.18 Å². The molecule has 0 bridgehead atoms. The van der Waals surface area contributed by atoms with E-state index < -0.39 is 23.4 Å². The standard InChI is InChI=1S/C24H13BrF5N5/c25-17-6-5-14(8-16(17)24(28,29)30)19-7-4-13(9-31-19)11-35-12-21-20(10-32-35)33-23(34-21)15-2-1-3-18(26)22(15)27/h1-10,12H,11H2/p+1. The van der Waals surface area contributed by atoms with Crippen LogP contribution in [-0.4, -0.2) is 20.1 Å². The van der Waals surface area contributed by atoms with Crippen molar-refractivity contribution in [2.75, 3.05) is 0 Å². The number of alkyl halides is 3. The van der Waals surface area contributed by atoms with Crippen LogP contribution in [0.2, 0.25) is 0 Å². The van der Waals surface area contributed by atoms with Crippen molar-refractivity contribution >= 4 is 27.0 Å². The summed E-state index contributed by atoms with van der Waals surface area (Å²) in [5, 5.41) is 4.29. The molecular weight excluding hydrogens is 533 g/mol. The second kappa shape index (κ2) is 8.81. The molecule has 3 aromatic heterocycles. The van der Waals surface area contributed by atoms with E-state index in [1.54, 1.807) is 35.3 Å². The summed E-state index contributed by atoms with van der Waals surface area (Å²) >= 11 is 2.93. The highest BCUT2D eigenvalue weighted by atomic mass is 79.9. The second-order valence-electron chi connectivity index (χ2n) is 7.70. The predicted octanol–water partition coefficient (Wildman–Crippen LogP) is 6.08. The van der Waals surface area contributed by atoms with Crippen LogP contribution in [0.5, 0.6) is 0 Å². The summed E-state index contributed by atoms with van der Waals surface area (Å²) in [5.41, 5.74) is 1.78. The molecule has 0 spiro atoms. The molecule has 5 aromatic rings. The number of rotatable bonds is 4. The first-order valence-corrected chi connectivity index (χ1v) is 11.0. The number of imidazole rings is 1. The Morgan fingerprint density at radius 3 is 2.57 bits per heavy atom. The summed E-state index contributed by atoms with van der Waals surface area (Å²) in [6, 6.07) is 11.2. The topological polar surface area (TPSA) is 58.3 Å². The lowest BCUT2D eigenvalue weighted by atomic mass is 10.1. The van der Waals surface area contributed by atoms with E-state index in [-0.39, 0.29) is 15.9 Å². The molecule has 176 valence electrons. The maximum absolute atomic E-state index is 14.1. The molecule has 1 N–H and O–H groups in total. The smallest absolute Gasteiger partial charge is 0.333 e. The van der Waals surface area contributed by atoms with Gasteiger partial charge in [-0.25, -0.2) is 13.8 Å². The van der Waals surface area contributed by atoms with Gasteiger partial charge in [0, 0.05) is 21.8 Å². The molecule has 0 unspecified atom stereocenters. The number of fused-ring (bicyclic) bond motifs is 1. The zero-order chi connectivity index (χ0) is 24.7. The van der Waals surface area contributed by atoms with Gasteiger partial charge in [-0.05, 0) is 41.5 Å². The molecule has 35 heavy (non-hydrogen) atoms. The van der Waals surface area contributed by atoms with Crippen LogP contribution in [0.3, 0.4) is 0 Å². The lowest BCUT2D eigenvalue weighted by molar-refractivity contribution is -0.745. The minimum Gasteiger partial charge on any atom is -0.333 e. The Morgan fingerprint density at radius 1 is 1.00 bits per heavy atom. The highest BCUT2D eigenvalue weighted by Crippen LogP contribution is 2.37. The van der Waals surface area contributed by atoms with Crippen molar-refractivity contribution in [3.05, 3.63) is 94.4 Å². The van der Waals surface area contributed by atoms with Gasteiger partial charge in [-0.3, -0.25) is 4.98 Å². The van der Waals surface area contributed by atoms with Crippen molar-refractivity contribution < 1.29 is 26.6 Å². The highest BCUT2D eigenvalue weighted by Gasteiger charge is 2.33. The first kappa shape index (κ1) is 23.0. The van der Waals surface area contributed by atoms with Crippen LogP contribution in [-0.2, 0) is 12.7 Å². The molecule has 0 aliphatic heterocycles. The van der Waals surface area contributed by atoms with E-state index in [0.29, 0.717) is 28.8 Å². The van der Waals surface area contributed by atoms with E-state index in [4.69, 9.17) is 0 Å². The number of aromatic nitrogens is 5. The summed E-state index contributed by atoms with van der Waals surface area (Å²) in [6.07, 6.45) is 0.239. The molecule has 2 aromatic carbocycles. The number of benzene rings is 2. The minimum atomic E-state index is -4.48. The van der Waals surface area contributed by atoms with Crippen LogP contribution in [0.4, 0.5) is 22.0 Å². The number of halogens is 6. The van der Waals surface area contributed by atoms with E-state index in [9.17, 15) is 22.0 Å². The van der Waals surface area contributed by atoms with Crippen LogP contribution in [0, 0.1) is 11.6 Å². The largest absolute Gasteiger partial charge is 0.417 e. The Hall–Kier alpha value is -3.73. The lowest BCUT2D eigenvalue weighted by Crippen LogP contribution is -2.37. The van der Waals surface area contributed by atoms with Gasteiger partial charge in [0.15, 0.2) is 11.6 Å². The van der Waals surface area contributed by atoms with Gasteiger partial charge in [-0.1, -0.05) is 32.7 Å². The molecule has 0 saturated carbocycles. The molecule has 0 aliphatic carbocycles. The van der Waals surface area contributed by atoms with Gasteiger partial charge in [-0.2, -0.15) is 13.2 Å². The third-order valence-corrected chi connectivity index (χ3v) is 6.00. The second-order valence-corrected chi connectivity index (χ2v) is 8.56. The average molecular weight is 547 g/mol. The van der Waals surface area contributed by atoms with E-state index in [1.807, 2.05) is 0 Å². The Morgan fingerprint density at radius 2 is 1.83 bits per heavy atom. The molecule has 0 aliphatic rings. The Kier molecular flexibility index (Phi) is 5.79. The molecule has 5 nitrogen and oxygen atoms in total. The highest BCUT2D eigenvalue weighted by molar-refractivity contribution is 9.10. The molecule has 0 fully saturated rings. The molecular formula is C24H14BrF5N5+. The van der Waals surface area contributed by atoms with Crippen LogP contribution >= 0.6 is 15.9 Å². The quantitative estimate of drug-likeness (QED) is 0.219. The van der Waals surface area contributed by atoms with Crippen molar-refractivity contribution in [2.24, 2.45) is 0 Å². The van der Waals surface area contributed by atoms with Crippen molar-refractivity contribution in [3.63, 3.8) is 0 Å². The number of pyridine rings is 1. The summed E-state index contributed by atoms with van der Waals surface area (Å²) in [4.78, 5) is 11.5. The number of hydrogen-bond donors (Lipinski definition) is 1. The molecule has 0 saturated heterocycles. The van der Waals surface area contributed by atoms with E-state index in [1.165, 1.54) is 24.4 Å². The molecule has 5 rings (SSSR count). The average Bonchev–Trinajstić information content (AvgIpc) is 3.24. The monoisotopic (exact) mass is 546 g/mol.